The number of benzene rings is 1. The van der Waals surface area contributed by atoms with Crippen molar-refractivity contribution >= 4 is 5.97 Å². The Hall–Kier alpha value is -1.65. The maximum atomic E-state index is 11.7. The van der Waals surface area contributed by atoms with Crippen molar-refractivity contribution in [3.8, 4) is 5.75 Å². The number of alkyl halides is 2. The summed E-state index contributed by atoms with van der Waals surface area (Å²) in [4.78, 5) is 11.0. The number of ether oxygens (including phenoxy) is 1. The molecule has 0 aliphatic heterocycles. The maximum absolute atomic E-state index is 11.7. The van der Waals surface area contributed by atoms with Crippen molar-refractivity contribution in [2.75, 3.05) is 6.61 Å². The molecule has 1 rings (SSSR count). The number of carbonyl (C=O) groups is 1. The molecule has 0 unspecified atom stereocenters. The SMILES string of the molecule is O=C(OCC(F)F)c1cccc(O)c1. The Morgan fingerprint density at radius 2 is 2.21 bits per heavy atom. The molecule has 1 aromatic carbocycles. The second-order valence-corrected chi connectivity index (χ2v) is 2.54. The van der Waals surface area contributed by atoms with Crippen LogP contribution in [0.3, 0.4) is 0 Å². The molecule has 0 amide bonds. The van der Waals surface area contributed by atoms with E-state index in [1.165, 1.54) is 18.2 Å². The Morgan fingerprint density at radius 1 is 1.50 bits per heavy atom. The first kappa shape index (κ1) is 10.4. The number of hydrogen-bond acceptors (Lipinski definition) is 3. The van der Waals surface area contributed by atoms with Gasteiger partial charge in [-0.25, -0.2) is 13.6 Å². The average Bonchev–Trinajstić information content (AvgIpc) is 2.14. The standard InChI is InChI=1S/C9H8F2O3/c10-8(11)5-14-9(13)6-2-1-3-7(12)4-6/h1-4,8,12H,5H2. The van der Waals surface area contributed by atoms with Gasteiger partial charge in [0.15, 0.2) is 6.61 Å². The summed E-state index contributed by atoms with van der Waals surface area (Å²) in [6.07, 6.45) is -2.68. The summed E-state index contributed by atoms with van der Waals surface area (Å²) in [6.45, 7) is -0.936. The van der Waals surface area contributed by atoms with Crippen molar-refractivity contribution in [2.45, 2.75) is 6.43 Å². The molecule has 0 spiro atoms. The van der Waals surface area contributed by atoms with Crippen molar-refractivity contribution in [1.29, 1.82) is 0 Å². The summed E-state index contributed by atoms with van der Waals surface area (Å²) in [7, 11) is 0. The second-order valence-electron chi connectivity index (χ2n) is 2.54. The topological polar surface area (TPSA) is 46.5 Å². The molecule has 3 nitrogen and oxygen atoms in total. The molecule has 0 atom stereocenters. The van der Waals surface area contributed by atoms with Gasteiger partial charge in [0.1, 0.15) is 5.75 Å². The van der Waals surface area contributed by atoms with Gasteiger partial charge >= 0.3 is 5.97 Å². The van der Waals surface area contributed by atoms with Crippen LogP contribution in [0, 0.1) is 0 Å². The highest BCUT2D eigenvalue weighted by Crippen LogP contribution is 2.12. The minimum absolute atomic E-state index is 0.0469. The Kier molecular flexibility index (Phi) is 3.39. The van der Waals surface area contributed by atoms with Crippen LogP contribution in [0.4, 0.5) is 8.78 Å². The fourth-order valence-electron chi connectivity index (χ4n) is 0.855. The van der Waals surface area contributed by atoms with E-state index in [1.807, 2.05) is 0 Å². The second kappa shape index (κ2) is 4.55. The minimum atomic E-state index is -2.68. The van der Waals surface area contributed by atoms with Crippen molar-refractivity contribution in [3.63, 3.8) is 0 Å². The van der Waals surface area contributed by atoms with E-state index in [2.05, 4.69) is 4.74 Å². The molecule has 0 heterocycles. The molecule has 5 heteroatoms. The molecule has 14 heavy (non-hydrogen) atoms. The van der Waals surface area contributed by atoms with Crippen LogP contribution in [0.15, 0.2) is 24.3 Å². The van der Waals surface area contributed by atoms with Crippen molar-refractivity contribution in [3.05, 3.63) is 29.8 Å². The highest BCUT2D eigenvalue weighted by Gasteiger charge is 2.10. The van der Waals surface area contributed by atoms with Crippen LogP contribution in [0.1, 0.15) is 10.4 Å². The summed E-state index contributed by atoms with van der Waals surface area (Å²) < 4.78 is 27.6. The highest BCUT2D eigenvalue weighted by molar-refractivity contribution is 5.89. The zero-order valence-corrected chi connectivity index (χ0v) is 7.11. The van der Waals surface area contributed by atoms with E-state index in [9.17, 15) is 13.6 Å². The van der Waals surface area contributed by atoms with Crippen LogP contribution >= 0.6 is 0 Å². The molecular formula is C9H8F2O3. The maximum Gasteiger partial charge on any atom is 0.338 e. The number of phenolic OH excluding ortho intramolecular Hbond substituents is 1. The van der Waals surface area contributed by atoms with Crippen LogP contribution in [0.25, 0.3) is 0 Å². The summed E-state index contributed by atoms with van der Waals surface area (Å²) in [6, 6.07) is 5.31. The first-order chi connectivity index (χ1) is 6.59. The Morgan fingerprint density at radius 3 is 2.79 bits per heavy atom. The predicted molar refractivity (Wildman–Crippen MR) is 44.4 cm³/mol. The van der Waals surface area contributed by atoms with Crippen molar-refractivity contribution in [1.82, 2.24) is 0 Å². The molecule has 0 saturated heterocycles. The zero-order valence-electron chi connectivity index (χ0n) is 7.11. The predicted octanol–water partition coefficient (Wildman–Crippen LogP) is 1.81. The fraction of sp³-hybridized carbons (Fsp3) is 0.222. The molecule has 0 saturated carbocycles. The quantitative estimate of drug-likeness (QED) is 0.760. The lowest BCUT2D eigenvalue weighted by atomic mass is 10.2. The fourth-order valence-corrected chi connectivity index (χ4v) is 0.855. The number of esters is 1. The van der Waals surface area contributed by atoms with Crippen molar-refractivity contribution < 1.29 is 23.4 Å². The summed E-state index contributed by atoms with van der Waals surface area (Å²) in [5.41, 5.74) is 0.0469. The largest absolute Gasteiger partial charge is 0.508 e. The first-order valence-corrected chi connectivity index (χ1v) is 3.84. The zero-order chi connectivity index (χ0) is 10.6. The van der Waals surface area contributed by atoms with Crippen LogP contribution in [0.5, 0.6) is 5.75 Å². The third-order valence-corrected chi connectivity index (χ3v) is 1.42. The van der Waals surface area contributed by atoms with Gasteiger partial charge in [-0.05, 0) is 18.2 Å². The molecule has 0 aliphatic carbocycles. The average molecular weight is 202 g/mol. The molecule has 0 aliphatic rings. The summed E-state index contributed by atoms with van der Waals surface area (Å²) >= 11 is 0. The van der Waals surface area contributed by atoms with E-state index in [1.54, 1.807) is 0 Å². The van der Waals surface area contributed by atoms with E-state index in [-0.39, 0.29) is 11.3 Å². The Labute approximate surface area is 78.9 Å². The van der Waals surface area contributed by atoms with E-state index in [0.29, 0.717) is 0 Å². The number of hydrogen-bond donors (Lipinski definition) is 1. The van der Waals surface area contributed by atoms with Gasteiger partial charge in [-0.15, -0.1) is 0 Å². The lowest BCUT2D eigenvalue weighted by molar-refractivity contribution is 0.0159. The lowest BCUT2D eigenvalue weighted by Gasteiger charge is -2.03. The highest BCUT2D eigenvalue weighted by atomic mass is 19.3. The normalized spacial score (nSPS) is 10.2. The van der Waals surface area contributed by atoms with Crippen LogP contribution in [0.2, 0.25) is 0 Å². The van der Waals surface area contributed by atoms with Gasteiger partial charge in [-0.2, -0.15) is 0 Å². The monoisotopic (exact) mass is 202 g/mol. The van der Waals surface area contributed by atoms with Crippen molar-refractivity contribution in [2.24, 2.45) is 0 Å². The van der Waals surface area contributed by atoms with Crippen LogP contribution < -0.4 is 0 Å². The van der Waals surface area contributed by atoms with Gasteiger partial charge in [-0.3, -0.25) is 0 Å². The molecule has 76 valence electrons. The summed E-state index contributed by atoms with van der Waals surface area (Å²) in [5, 5.41) is 8.98. The Balaban J connectivity index is 2.61. The van der Waals surface area contributed by atoms with Gasteiger partial charge in [0.25, 0.3) is 6.43 Å². The van der Waals surface area contributed by atoms with E-state index < -0.39 is 19.0 Å². The van der Waals surface area contributed by atoms with Gasteiger partial charge in [-0.1, -0.05) is 6.07 Å². The molecule has 0 fully saturated rings. The number of carbonyl (C=O) groups excluding carboxylic acids is 1. The molecule has 1 N–H and O–H groups in total. The number of aromatic hydroxyl groups is 1. The van der Waals surface area contributed by atoms with E-state index in [4.69, 9.17) is 5.11 Å². The third kappa shape index (κ3) is 3.01. The van der Waals surface area contributed by atoms with Gasteiger partial charge < -0.3 is 9.84 Å². The van der Waals surface area contributed by atoms with Gasteiger partial charge in [0, 0.05) is 0 Å². The van der Waals surface area contributed by atoms with Gasteiger partial charge in [0.2, 0.25) is 0 Å². The number of phenols is 1. The van der Waals surface area contributed by atoms with Crippen LogP contribution in [-0.2, 0) is 4.74 Å². The molecule has 1 aromatic rings. The van der Waals surface area contributed by atoms with E-state index in [0.717, 1.165) is 6.07 Å². The molecular weight excluding hydrogens is 194 g/mol. The first-order valence-electron chi connectivity index (χ1n) is 3.84. The van der Waals surface area contributed by atoms with E-state index >= 15 is 0 Å². The minimum Gasteiger partial charge on any atom is -0.508 e. The third-order valence-electron chi connectivity index (χ3n) is 1.42. The lowest BCUT2D eigenvalue weighted by Crippen LogP contribution is -2.11. The molecule has 0 radical (unpaired) electrons. The summed E-state index contributed by atoms with van der Waals surface area (Å²) in [5.74, 6) is -0.988. The molecule has 0 aromatic heterocycles. The Bertz CT molecular complexity index is 326. The number of rotatable bonds is 3. The number of halogens is 2. The van der Waals surface area contributed by atoms with Gasteiger partial charge in [0.05, 0.1) is 5.56 Å². The van der Waals surface area contributed by atoms with Crippen LogP contribution in [-0.4, -0.2) is 24.1 Å². The smallest absolute Gasteiger partial charge is 0.338 e. The molecule has 0 bridgehead atoms.